The first-order chi connectivity index (χ1) is 9.69. The van der Waals surface area contributed by atoms with E-state index in [-0.39, 0.29) is 37.7 Å². The average molecular weight is 312 g/mol. The molecular formula is C16H17ArFN2O. The Morgan fingerprint density at radius 2 is 1.86 bits per heavy atom. The number of carbonyl (C=O) groups is 1. The second kappa shape index (κ2) is 9.13. The number of hydrogen-bond acceptors (Lipinski definition) is 2. The van der Waals surface area contributed by atoms with E-state index in [0.29, 0.717) is 12.8 Å². The first-order valence-electron chi connectivity index (χ1n) is 6.55. The summed E-state index contributed by atoms with van der Waals surface area (Å²) in [6.07, 6.45) is 2.71. The monoisotopic (exact) mass is 312 g/mol. The molecule has 1 aromatic carbocycles. The molecule has 0 bridgehead atoms. The number of amides is 1. The van der Waals surface area contributed by atoms with Crippen LogP contribution in [0.15, 0.2) is 48.7 Å². The maximum Gasteiger partial charge on any atom is 0.251 e. The topological polar surface area (TPSA) is 42.0 Å². The van der Waals surface area contributed by atoms with E-state index in [1.54, 1.807) is 6.20 Å². The number of benzene rings is 1. The number of halogens is 1. The van der Waals surface area contributed by atoms with Gasteiger partial charge in [-0.15, -0.1) is 4.48 Å². The summed E-state index contributed by atoms with van der Waals surface area (Å²) in [5.41, 5.74) is 4.16. The van der Waals surface area contributed by atoms with Gasteiger partial charge < -0.3 is 0 Å². The summed E-state index contributed by atoms with van der Waals surface area (Å²) in [4.78, 5) is 15.8. The van der Waals surface area contributed by atoms with E-state index in [1.165, 1.54) is 5.54 Å². The van der Waals surface area contributed by atoms with Crippen molar-refractivity contribution in [3.05, 3.63) is 65.5 Å². The van der Waals surface area contributed by atoms with Crippen molar-refractivity contribution in [3.63, 3.8) is 0 Å². The summed E-state index contributed by atoms with van der Waals surface area (Å²) in [5, 5.41) is 0. The first-order valence-corrected chi connectivity index (χ1v) is 6.55. The predicted molar refractivity (Wildman–Crippen MR) is 75.6 cm³/mol. The number of nitrogens with zero attached hydrogens (tertiary/aromatic N) is 1. The molecule has 1 heterocycles. The van der Waals surface area contributed by atoms with Crippen LogP contribution in [0, 0.1) is 50.6 Å². The van der Waals surface area contributed by atoms with Crippen molar-refractivity contribution in [1.82, 2.24) is 10.5 Å². The quantitative estimate of drug-likeness (QED) is 0.863. The van der Waals surface area contributed by atoms with Gasteiger partial charge in [-0.25, -0.2) is 0 Å². The van der Waals surface area contributed by atoms with Crippen molar-refractivity contribution in [1.29, 1.82) is 0 Å². The van der Waals surface area contributed by atoms with Gasteiger partial charge in [0, 0.05) is 55.5 Å². The van der Waals surface area contributed by atoms with E-state index in [4.69, 9.17) is 0 Å². The largest absolute Gasteiger partial charge is 0.272 e. The second-order valence-corrected chi connectivity index (χ2v) is 4.85. The molecule has 0 saturated carbocycles. The third-order valence-corrected chi connectivity index (χ3v) is 3.23. The number of hydrogen-bond donors (Lipinski definition) is 1. The molecule has 2 rings (SSSR count). The smallest absolute Gasteiger partial charge is 0.251 e. The summed E-state index contributed by atoms with van der Waals surface area (Å²) < 4.78 is 12.5. The Bertz CT molecular complexity index is 577. The molecule has 1 N–H and O–H groups in total. The van der Waals surface area contributed by atoms with Crippen LogP contribution in [0.2, 0.25) is 0 Å². The van der Waals surface area contributed by atoms with Gasteiger partial charge in [-0.1, -0.05) is 30.3 Å². The van der Waals surface area contributed by atoms with Crippen LogP contribution in [0.5, 0.6) is 0 Å². The zero-order valence-electron chi connectivity index (χ0n) is 11.7. The molecule has 0 radical (unpaired) electrons. The Morgan fingerprint density at radius 1 is 1.19 bits per heavy atom. The molecule has 1 aromatic heterocycles. The Morgan fingerprint density at radius 3 is 2.48 bits per heavy atom. The van der Waals surface area contributed by atoms with Gasteiger partial charge in [0.05, 0.1) is 0 Å². The molecular weight excluding hydrogens is 295 g/mol. The van der Waals surface area contributed by atoms with Crippen LogP contribution in [-0.4, -0.2) is 10.9 Å². The number of rotatable bonds is 5. The van der Waals surface area contributed by atoms with Crippen molar-refractivity contribution < 1.29 is 47.0 Å². The summed E-state index contributed by atoms with van der Waals surface area (Å²) >= 11 is 0. The molecule has 0 spiro atoms. The molecule has 5 heteroatoms. The third kappa shape index (κ3) is 5.73. The maximum atomic E-state index is 12.5. The summed E-state index contributed by atoms with van der Waals surface area (Å²) in [7, 11) is 0. The zero-order chi connectivity index (χ0) is 14.4. The van der Waals surface area contributed by atoms with Crippen LogP contribution in [0.25, 0.3) is 0 Å². The predicted octanol–water partition coefficient (Wildman–Crippen LogP) is 2.79. The molecule has 0 fully saturated rings. The molecule has 1 atom stereocenters. The van der Waals surface area contributed by atoms with Crippen LogP contribution in [0.3, 0.4) is 0 Å². The van der Waals surface area contributed by atoms with Crippen LogP contribution < -0.4 is 5.54 Å². The zero-order valence-corrected chi connectivity index (χ0v) is 12.4. The fraction of sp³-hybridized carbons (Fsp3) is 0.250. The van der Waals surface area contributed by atoms with Crippen LogP contribution in [0.4, 0.5) is 4.48 Å². The maximum absolute atomic E-state index is 12.5. The Labute approximate surface area is 153 Å². The number of aryl methyl sites for hydroxylation is 1. The first kappa shape index (κ1) is 18.1. The van der Waals surface area contributed by atoms with E-state index in [2.05, 4.69) is 4.98 Å². The number of carbonyl (C=O) groups excluding carboxylic acids is 1. The standard InChI is InChI=1S/C16H17FN2O.Ar/c1-12-9-14(7-8-18-12)11-15(16(20)19-17)10-13-5-3-2-4-6-13;/h2-9,15H,10-11H2,1H3,(H,19,20);/t15-;/m1./s1. The molecule has 3 nitrogen and oxygen atoms in total. The summed E-state index contributed by atoms with van der Waals surface area (Å²) in [6.45, 7) is 1.89. The van der Waals surface area contributed by atoms with Crippen molar-refractivity contribution in [2.75, 3.05) is 0 Å². The Balaban J connectivity index is 0.00000220. The fourth-order valence-corrected chi connectivity index (χ4v) is 2.25. The van der Waals surface area contributed by atoms with E-state index >= 15 is 0 Å². The van der Waals surface area contributed by atoms with Crippen molar-refractivity contribution >= 4 is 5.91 Å². The Kier molecular flexibility index (Phi) is 7.86. The fourth-order valence-electron chi connectivity index (χ4n) is 2.25. The molecule has 2 aromatic rings. The number of aromatic nitrogens is 1. The molecule has 0 saturated heterocycles. The van der Waals surface area contributed by atoms with Crippen LogP contribution in [-0.2, 0) is 17.6 Å². The molecule has 112 valence electrons. The molecule has 21 heavy (non-hydrogen) atoms. The summed E-state index contributed by atoms with van der Waals surface area (Å²) in [5.74, 6) is -1.01. The molecule has 0 aliphatic rings. The minimum atomic E-state index is -0.580. The SMILES string of the molecule is Cc1cc(C[C@@H](Cc2ccccc2)C(=O)NF)ccn1.[Ar]. The van der Waals surface area contributed by atoms with Gasteiger partial charge in [0.25, 0.3) is 5.91 Å². The average Bonchev–Trinajstić information content (AvgIpc) is 2.47. The van der Waals surface area contributed by atoms with E-state index in [9.17, 15) is 9.28 Å². The van der Waals surface area contributed by atoms with E-state index in [0.717, 1.165) is 16.8 Å². The Hall–Kier alpha value is -0.970. The van der Waals surface area contributed by atoms with E-state index in [1.807, 2.05) is 49.4 Å². The summed E-state index contributed by atoms with van der Waals surface area (Å²) in [6, 6.07) is 13.4. The van der Waals surface area contributed by atoms with Crippen LogP contribution in [0.1, 0.15) is 16.8 Å². The number of pyridine rings is 1. The van der Waals surface area contributed by atoms with Gasteiger partial charge in [0.1, 0.15) is 0 Å². The van der Waals surface area contributed by atoms with E-state index < -0.39 is 11.8 Å². The minimum absolute atomic E-state index is 0. The third-order valence-electron chi connectivity index (χ3n) is 3.23. The molecule has 0 aliphatic carbocycles. The van der Waals surface area contributed by atoms with Gasteiger partial charge in [0.15, 0.2) is 0 Å². The van der Waals surface area contributed by atoms with Gasteiger partial charge >= 0.3 is 0 Å². The van der Waals surface area contributed by atoms with Crippen molar-refractivity contribution in [2.24, 2.45) is 5.92 Å². The van der Waals surface area contributed by atoms with Gasteiger partial charge in [-0.05, 0) is 43.0 Å². The van der Waals surface area contributed by atoms with Gasteiger partial charge in [0.2, 0.25) is 0 Å². The van der Waals surface area contributed by atoms with Gasteiger partial charge in [-0.2, -0.15) is 5.54 Å². The van der Waals surface area contributed by atoms with Crippen molar-refractivity contribution in [2.45, 2.75) is 19.8 Å². The number of nitrogens with one attached hydrogen (secondary N) is 1. The van der Waals surface area contributed by atoms with Crippen molar-refractivity contribution in [3.8, 4) is 0 Å². The molecule has 0 aliphatic heterocycles. The van der Waals surface area contributed by atoms with Gasteiger partial charge in [-0.3, -0.25) is 9.78 Å². The molecule has 1 amide bonds. The minimum Gasteiger partial charge on any atom is -0.272 e. The van der Waals surface area contributed by atoms with Crippen LogP contribution >= 0.6 is 0 Å². The second-order valence-electron chi connectivity index (χ2n) is 4.85. The normalized spacial score (nSPS) is 11.3. The molecule has 0 unspecified atom stereocenters.